The van der Waals surface area contributed by atoms with E-state index in [4.69, 9.17) is 0 Å². The van der Waals surface area contributed by atoms with Crippen LogP contribution in [-0.2, 0) is 6.54 Å². The third-order valence-electron chi connectivity index (χ3n) is 3.48. The molecule has 0 atom stereocenters. The molecule has 0 radical (unpaired) electrons. The summed E-state index contributed by atoms with van der Waals surface area (Å²) in [6.07, 6.45) is 4.21. The van der Waals surface area contributed by atoms with Gasteiger partial charge in [0.1, 0.15) is 0 Å². The van der Waals surface area contributed by atoms with Crippen LogP contribution in [0, 0.1) is 12.8 Å². The summed E-state index contributed by atoms with van der Waals surface area (Å²) in [5.74, 6) is 1.55. The number of nitrogens with one attached hydrogen (secondary N) is 2. The van der Waals surface area contributed by atoms with Gasteiger partial charge in [0.05, 0.1) is 12.2 Å². The van der Waals surface area contributed by atoms with Gasteiger partial charge in [0.25, 0.3) is 0 Å². The minimum Gasteiger partial charge on any atom is -0.356 e. The van der Waals surface area contributed by atoms with Gasteiger partial charge in [-0.3, -0.25) is 9.98 Å². The molecule has 0 saturated carbocycles. The molecule has 0 aliphatic rings. The van der Waals surface area contributed by atoms with E-state index in [0.29, 0.717) is 12.5 Å². The summed E-state index contributed by atoms with van der Waals surface area (Å²) >= 11 is 0. The van der Waals surface area contributed by atoms with Crippen molar-refractivity contribution >= 4 is 29.9 Å². The SMILES string of the molecule is CCC(CC)CNC(=NC)NCc1ncccc1C.I. The lowest BCUT2D eigenvalue weighted by Gasteiger charge is -2.16. The van der Waals surface area contributed by atoms with Crippen LogP contribution in [0.3, 0.4) is 0 Å². The van der Waals surface area contributed by atoms with Crippen LogP contribution < -0.4 is 10.6 Å². The molecule has 1 aromatic rings. The molecule has 0 amide bonds. The molecule has 0 saturated heterocycles. The van der Waals surface area contributed by atoms with Crippen molar-refractivity contribution in [2.75, 3.05) is 13.6 Å². The smallest absolute Gasteiger partial charge is 0.191 e. The Kier molecular flexibility index (Phi) is 10.4. The molecule has 0 aliphatic heterocycles. The average Bonchev–Trinajstić information content (AvgIpc) is 2.44. The van der Waals surface area contributed by atoms with Gasteiger partial charge < -0.3 is 10.6 Å². The molecule has 0 bridgehead atoms. The maximum atomic E-state index is 4.37. The third-order valence-corrected chi connectivity index (χ3v) is 3.48. The van der Waals surface area contributed by atoms with Crippen molar-refractivity contribution in [3.63, 3.8) is 0 Å². The summed E-state index contributed by atoms with van der Waals surface area (Å²) in [4.78, 5) is 8.61. The lowest BCUT2D eigenvalue weighted by Crippen LogP contribution is -2.39. The second-order valence-corrected chi connectivity index (χ2v) is 4.76. The fourth-order valence-corrected chi connectivity index (χ4v) is 1.91. The van der Waals surface area contributed by atoms with Crippen LogP contribution in [0.15, 0.2) is 23.3 Å². The number of hydrogen-bond donors (Lipinski definition) is 2. The Morgan fingerprint density at radius 1 is 1.30 bits per heavy atom. The zero-order valence-corrected chi connectivity index (χ0v) is 15.3. The molecule has 0 aliphatic carbocycles. The van der Waals surface area contributed by atoms with Crippen LogP contribution in [0.25, 0.3) is 0 Å². The van der Waals surface area contributed by atoms with Crippen molar-refractivity contribution in [2.24, 2.45) is 10.9 Å². The summed E-state index contributed by atoms with van der Waals surface area (Å²) in [6, 6.07) is 4.03. The number of aryl methyl sites for hydroxylation is 1. The molecule has 1 aromatic heterocycles. The molecular weight excluding hydrogens is 363 g/mol. The largest absolute Gasteiger partial charge is 0.356 e. The second-order valence-electron chi connectivity index (χ2n) is 4.76. The fourth-order valence-electron chi connectivity index (χ4n) is 1.91. The van der Waals surface area contributed by atoms with E-state index in [1.165, 1.54) is 18.4 Å². The zero-order valence-electron chi connectivity index (χ0n) is 12.9. The minimum absolute atomic E-state index is 0. The monoisotopic (exact) mass is 390 g/mol. The van der Waals surface area contributed by atoms with Crippen LogP contribution in [0.2, 0.25) is 0 Å². The lowest BCUT2D eigenvalue weighted by molar-refractivity contribution is 0.481. The Balaban J connectivity index is 0.00000361. The van der Waals surface area contributed by atoms with Crippen molar-refractivity contribution in [1.82, 2.24) is 15.6 Å². The lowest BCUT2D eigenvalue weighted by atomic mass is 10.0. The van der Waals surface area contributed by atoms with Gasteiger partial charge in [-0.15, -0.1) is 24.0 Å². The van der Waals surface area contributed by atoms with Gasteiger partial charge in [-0.1, -0.05) is 32.8 Å². The summed E-state index contributed by atoms with van der Waals surface area (Å²) in [6.45, 7) is 8.19. The molecule has 4 nitrogen and oxygen atoms in total. The standard InChI is InChI=1S/C15H26N4.HI/c1-5-13(6-2)10-18-15(16-4)19-11-14-12(3)8-7-9-17-14;/h7-9,13H,5-6,10-11H2,1-4H3,(H2,16,18,19);1H. The molecule has 114 valence electrons. The molecule has 5 heteroatoms. The summed E-state index contributed by atoms with van der Waals surface area (Å²) in [5.41, 5.74) is 2.26. The first-order valence-electron chi connectivity index (χ1n) is 7.06. The average molecular weight is 390 g/mol. The third kappa shape index (κ3) is 6.54. The molecule has 1 rings (SSSR count). The number of halogens is 1. The number of rotatable bonds is 6. The molecule has 2 N–H and O–H groups in total. The Labute approximate surface area is 139 Å². The Bertz CT molecular complexity index is 403. The van der Waals surface area contributed by atoms with E-state index in [-0.39, 0.29) is 24.0 Å². The molecule has 1 heterocycles. The van der Waals surface area contributed by atoms with Gasteiger partial charge in [0.15, 0.2) is 5.96 Å². The van der Waals surface area contributed by atoms with Crippen molar-refractivity contribution in [3.8, 4) is 0 Å². The number of hydrogen-bond acceptors (Lipinski definition) is 2. The van der Waals surface area contributed by atoms with Gasteiger partial charge in [0, 0.05) is 19.8 Å². The number of guanidine groups is 1. The first-order chi connectivity index (χ1) is 9.21. The van der Waals surface area contributed by atoms with E-state index in [1.54, 1.807) is 7.05 Å². The topological polar surface area (TPSA) is 49.3 Å². The van der Waals surface area contributed by atoms with Crippen molar-refractivity contribution in [3.05, 3.63) is 29.6 Å². The predicted molar refractivity (Wildman–Crippen MR) is 96.7 cm³/mol. The maximum Gasteiger partial charge on any atom is 0.191 e. The first-order valence-corrected chi connectivity index (χ1v) is 7.06. The molecular formula is C15H27IN4. The molecule has 0 unspecified atom stereocenters. The highest BCUT2D eigenvalue weighted by Gasteiger charge is 2.05. The summed E-state index contributed by atoms with van der Waals surface area (Å²) < 4.78 is 0. The van der Waals surface area contributed by atoms with Crippen molar-refractivity contribution in [2.45, 2.75) is 40.2 Å². The highest BCUT2D eigenvalue weighted by atomic mass is 127. The van der Waals surface area contributed by atoms with Crippen LogP contribution in [0.4, 0.5) is 0 Å². The van der Waals surface area contributed by atoms with Crippen LogP contribution in [0.5, 0.6) is 0 Å². The number of pyridine rings is 1. The molecule has 0 aromatic carbocycles. The van der Waals surface area contributed by atoms with E-state index >= 15 is 0 Å². The number of aromatic nitrogens is 1. The predicted octanol–water partition coefficient (Wildman–Crippen LogP) is 3.11. The minimum atomic E-state index is 0. The molecule has 0 spiro atoms. The van der Waals surface area contributed by atoms with Crippen LogP contribution in [0.1, 0.15) is 37.9 Å². The zero-order chi connectivity index (χ0) is 14.1. The number of aliphatic imine (C=N–C) groups is 1. The molecule has 0 fully saturated rings. The van der Waals surface area contributed by atoms with Gasteiger partial charge >= 0.3 is 0 Å². The van der Waals surface area contributed by atoms with E-state index in [1.807, 2.05) is 12.3 Å². The van der Waals surface area contributed by atoms with Gasteiger partial charge in [-0.2, -0.15) is 0 Å². The Hall–Kier alpha value is -0.850. The van der Waals surface area contributed by atoms with E-state index < -0.39 is 0 Å². The van der Waals surface area contributed by atoms with Gasteiger partial charge in [-0.05, 0) is 24.5 Å². The van der Waals surface area contributed by atoms with Crippen LogP contribution >= 0.6 is 24.0 Å². The normalized spacial score (nSPS) is 11.2. The van der Waals surface area contributed by atoms with Crippen molar-refractivity contribution < 1.29 is 0 Å². The summed E-state index contributed by atoms with van der Waals surface area (Å²) in [7, 11) is 1.80. The van der Waals surface area contributed by atoms with Gasteiger partial charge in [0.2, 0.25) is 0 Å². The van der Waals surface area contributed by atoms with Gasteiger partial charge in [-0.25, -0.2) is 0 Å². The highest BCUT2D eigenvalue weighted by Crippen LogP contribution is 2.05. The first kappa shape index (κ1) is 19.1. The number of nitrogens with zero attached hydrogens (tertiary/aromatic N) is 2. The van der Waals surface area contributed by atoms with E-state index in [2.05, 4.69) is 47.4 Å². The second kappa shape index (κ2) is 10.9. The van der Waals surface area contributed by atoms with Crippen LogP contribution in [-0.4, -0.2) is 24.5 Å². The maximum absolute atomic E-state index is 4.37. The van der Waals surface area contributed by atoms with Crippen molar-refractivity contribution in [1.29, 1.82) is 0 Å². The Morgan fingerprint density at radius 2 is 2.00 bits per heavy atom. The highest BCUT2D eigenvalue weighted by molar-refractivity contribution is 14.0. The molecule has 20 heavy (non-hydrogen) atoms. The quantitative estimate of drug-likeness (QED) is 0.446. The fraction of sp³-hybridized carbons (Fsp3) is 0.600. The van der Waals surface area contributed by atoms with E-state index in [9.17, 15) is 0 Å². The van der Waals surface area contributed by atoms with E-state index in [0.717, 1.165) is 18.2 Å². The summed E-state index contributed by atoms with van der Waals surface area (Å²) in [5, 5.41) is 6.68. The Morgan fingerprint density at radius 3 is 2.55 bits per heavy atom.